The second-order valence-electron chi connectivity index (χ2n) is 3.09. The molecule has 5 nitrogen and oxygen atoms in total. The lowest BCUT2D eigenvalue weighted by atomic mass is 10.4. The van der Waals surface area contributed by atoms with Gasteiger partial charge in [0.25, 0.3) is 0 Å². The van der Waals surface area contributed by atoms with Crippen LogP contribution in [0, 0.1) is 13.8 Å². The van der Waals surface area contributed by atoms with E-state index in [1.54, 1.807) is 6.20 Å². The SMILES string of the molecule is Cc1ncc(SCCS(N)(=O)=O)nc1C. The number of nitrogens with zero attached hydrogens (tertiary/aromatic N) is 2. The van der Waals surface area contributed by atoms with Crippen molar-refractivity contribution in [2.45, 2.75) is 18.9 Å². The third-order valence-electron chi connectivity index (χ3n) is 1.79. The summed E-state index contributed by atoms with van der Waals surface area (Å²) in [7, 11) is -3.38. The average molecular weight is 247 g/mol. The molecule has 1 aromatic heterocycles. The Morgan fingerprint density at radius 2 is 2.07 bits per heavy atom. The van der Waals surface area contributed by atoms with Crippen LogP contribution in [0.15, 0.2) is 11.2 Å². The van der Waals surface area contributed by atoms with E-state index < -0.39 is 10.0 Å². The Bertz CT molecular complexity index is 445. The Balaban J connectivity index is 2.55. The van der Waals surface area contributed by atoms with Crippen LogP contribution in [-0.4, -0.2) is 29.9 Å². The van der Waals surface area contributed by atoms with Gasteiger partial charge in [-0.15, -0.1) is 11.8 Å². The molecule has 0 aliphatic rings. The van der Waals surface area contributed by atoms with Crippen LogP contribution < -0.4 is 5.14 Å². The molecule has 1 rings (SSSR count). The highest BCUT2D eigenvalue weighted by Gasteiger charge is 2.04. The number of rotatable bonds is 4. The van der Waals surface area contributed by atoms with Crippen molar-refractivity contribution in [2.75, 3.05) is 11.5 Å². The third kappa shape index (κ3) is 4.59. The van der Waals surface area contributed by atoms with Crippen LogP contribution in [0.1, 0.15) is 11.4 Å². The first-order chi connectivity index (χ1) is 6.88. The van der Waals surface area contributed by atoms with Crippen molar-refractivity contribution < 1.29 is 8.42 Å². The molecule has 15 heavy (non-hydrogen) atoms. The van der Waals surface area contributed by atoms with Crippen LogP contribution in [0.4, 0.5) is 0 Å². The lowest BCUT2D eigenvalue weighted by molar-refractivity contribution is 0.599. The lowest BCUT2D eigenvalue weighted by Gasteiger charge is -2.02. The molecule has 0 aliphatic heterocycles. The molecule has 0 amide bonds. The van der Waals surface area contributed by atoms with Crippen molar-refractivity contribution in [1.82, 2.24) is 9.97 Å². The maximum Gasteiger partial charge on any atom is 0.209 e. The van der Waals surface area contributed by atoms with Gasteiger partial charge in [0.15, 0.2) is 0 Å². The summed E-state index contributed by atoms with van der Waals surface area (Å²) in [4.78, 5) is 8.39. The quantitative estimate of drug-likeness (QED) is 0.782. The Morgan fingerprint density at radius 1 is 1.40 bits per heavy atom. The molecule has 7 heteroatoms. The first-order valence-electron chi connectivity index (χ1n) is 4.32. The van der Waals surface area contributed by atoms with Crippen LogP contribution in [0.3, 0.4) is 0 Å². The summed E-state index contributed by atoms with van der Waals surface area (Å²) in [5.41, 5.74) is 1.74. The Hall–Kier alpha value is -0.660. The number of sulfonamides is 1. The fourth-order valence-corrected chi connectivity index (χ4v) is 2.65. The van der Waals surface area contributed by atoms with Gasteiger partial charge in [0.2, 0.25) is 10.0 Å². The van der Waals surface area contributed by atoms with Gasteiger partial charge in [0.05, 0.1) is 23.3 Å². The maximum absolute atomic E-state index is 10.7. The Morgan fingerprint density at radius 3 is 2.60 bits per heavy atom. The van der Waals surface area contributed by atoms with Crippen LogP contribution >= 0.6 is 11.8 Å². The zero-order valence-electron chi connectivity index (χ0n) is 8.60. The van der Waals surface area contributed by atoms with Gasteiger partial charge in [-0.3, -0.25) is 4.98 Å². The topological polar surface area (TPSA) is 85.9 Å². The standard InChI is InChI=1S/C8H13N3O2S2/c1-6-7(2)11-8(5-10-6)14-3-4-15(9,12)13/h5H,3-4H2,1-2H3,(H2,9,12,13). The van der Waals surface area contributed by atoms with E-state index in [1.807, 2.05) is 13.8 Å². The summed E-state index contributed by atoms with van der Waals surface area (Å²) in [6.45, 7) is 3.74. The maximum atomic E-state index is 10.7. The number of nitrogens with two attached hydrogens (primary N) is 1. The van der Waals surface area contributed by atoms with Gasteiger partial charge >= 0.3 is 0 Å². The molecule has 0 fully saturated rings. The van der Waals surface area contributed by atoms with Gasteiger partial charge in [0.1, 0.15) is 5.03 Å². The molecule has 0 saturated heterocycles. The molecule has 84 valence electrons. The summed E-state index contributed by atoms with van der Waals surface area (Å²) in [5, 5.41) is 5.60. The van der Waals surface area contributed by atoms with E-state index in [1.165, 1.54) is 11.8 Å². The van der Waals surface area contributed by atoms with E-state index in [9.17, 15) is 8.42 Å². The second-order valence-corrected chi connectivity index (χ2v) is 5.94. The van der Waals surface area contributed by atoms with E-state index >= 15 is 0 Å². The molecule has 0 spiro atoms. The minimum Gasteiger partial charge on any atom is -0.257 e. The van der Waals surface area contributed by atoms with Crippen molar-refractivity contribution in [3.8, 4) is 0 Å². The van der Waals surface area contributed by atoms with Crippen LogP contribution in [0.2, 0.25) is 0 Å². The van der Waals surface area contributed by atoms with Crippen molar-refractivity contribution in [2.24, 2.45) is 5.14 Å². The van der Waals surface area contributed by atoms with Crippen molar-refractivity contribution >= 4 is 21.8 Å². The van der Waals surface area contributed by atoms with Gasteiger partial charge in [0, 0.05) is 5.75 Å². The molecule has 1 aromatic rings. The number of primary sulfonamides is 1. The van der Waals surface area contributed by atoms with Gasteiger partial charge in [-0.05, 0) is 13.8 Å². The number of aromatic nitrogens is 2. The molecule has 2 N–H and O–H groups in total. The molecule has 0 aromatic carbocycles. The van der Waals surface area contributed by atoms with Crippen molar-refractivity contribution in [3.05, 3.63) is 17.6 Å². The molecule has 0 bridgehead atoms. The Kier molecular flexibility index (Phi) is 4.06. The van der Waals surface area contributed by atoms with E-state index in [4.69, 9.17) is 5.14 Å². The van der Waals surface area contributed by atoms with Crippen LogP contribution in [0.25, 0.3) is 0 Å². The first kappa shape index (κ1) is 12.4. The molecule has 1 heterocycles. The van der Waals surface area contributed by atoms with Gasteiger partial charge in [-0.25, -0.2) is 18.5 Å². The van der Waals surface area contributed by atoms with Gasteiger partial charge in [-0.2, -0.15) is 0 Å². The highest BCUT2D eigenvalue weighted by atomic mass is 32.2. The predicted molar refractivity (Wildman–Crippen MR) is 60.2 cm³/mol. The molecule has 0 atom stereocenters. The monoisotopic (exact) mass is 247 g/mol. The highest BCUT2D eigenvalue weighted by molar-refractivity contribution is 8.00. The normalized spacial score (nSPS) is 11.7. The second kappa shape index (κ2) is 4.91. The third-order valence-corrected chi connectivity index (χ3v) is 3.72. The van der Waals surface area contributed by atoms with Crippen molar-refractivity contribution in [1.29, 1.82) is 0 Å². The zero-order valence-corrected chi connectivity index (χ0v) is 10.2. The fraction of sp³-hybridized carbons (Fsp3) is 0.500. The van der Waals surface area contributed by atoms with E-state index in [-0.39, 0.29) is 5.75 Å². The summed E-state index contributed by atoms with van der Waals surface area (Å²) in [6.07, 6.45) is 1.64. The molecular weight excluding hydrogens is 234 g/mol. The summed E-state index contributed by atoms with van der Waals surface area (Å²) < 4.78 is 21.3. The lowest BCUT2D eigenvalue weighted by Crippen LogP contribution is -2.17. The van der Waals surface area contributed by atoms with Crippen molar-refractivity contribution in [3.63, 3.8) is 0 Å². The zero-order chi connectivity index (χ0) is 11.5. The molecule has 0 aliphatic carbocycles. The molecular formula is C8H13N3O2S2. The predicted octanol–water partition coefficient (Wildman–Crippen LogP) is 0.474. The first-order valence-corrected chi connectivity index (χ1v) is 7.02. The fourth-order valence-electron chi connectivity index (χ4n) is 0.852. The average Bonchev–Trinajstić information content (AvgIpc) is 2.09. The van der Waals surface area contributed by atoms with E-state index in [2.05, 4.69) is 9.97 Å². The van der Waals surface area contributed by atoms with E-state index in [0.717, 1.165) is 16.4 Å². The molecule has 0 unspecified atom stereocenters. The summed E-state index contributed by atoms with van der Waals surface area (Å²) in [5.74, 6) is 0.349. The molecule has 0 saturated carbocycles. The summed E-state index contributed by atoms with van der Waals surface area (Å²) >= 11 is 1.34. The number of hydrogen-bond donors (Lipinski definition) is 1. The largest absolute Gasteiger partial charge is 0.257 e. The minimum atomic E-state index is -3.38. The van der Waals surface area contributed by atoms with Crippen LogP contribution in [-0.2, 0) is 10.0 Å². The number of thioether (sulfide) groups is 1. The van der Waals surface area contributed by atoms with Gasteiger partial charge in [-0.1, -0.05) is 0 Å². The highest BCUT2D eigenvalue weighted by Crippen LogP contribution is 2.15. The number of hydrogen-bond acceptors (Lipinski definition) is 5. The van der Waals surface area contributed by atoms with Crippen LogP contribution in [0.5, 0.6) is 0 Å². The minimum absolute atomic E-state index is 0.0493. The van der Waals surface area contributed by atoms with E-state index in [0.29, 0.717) is 5.75 Å². The smallest absolute Gasteiger partial charge is 0.209 e. The molecule has 0 radical (unpaired) electrons. The van der Waals surface area contributed by atoms with Gasteiger partial charge < -0.3 is 0 Å². The summed E-state index contributed by atoms with van der Waals surface area (Å²) in [6, 6.07) is 0. The number of aryl methyl sites for hydroxylation is 2. The Labute approximate surface area is 93.6 Å².